The van der Waals surface area contributed by atoms with Gasteiger partial charge in [0.2, 0.25) is 5.71 Å². The third-order valence-corrected chi connectivity index (χ3v) is 4.52. The normalized spacial score (nSPS) is 24.4. The molecule has 0 amide bonds. The molecule has 0 bridgehead atoms. The summed E-state index contributed by atoms with van der Waals surface area (Å²) in [5.74, 6) is 0. The second-order valence-corrected chi connectivity index (χ2v) is 5.89. The van der Waals surface area contributed by atoms with Crippen molar-refractivity contribution in [2.45, 2.75) is 25.6 Å². The van der Waals surface area contributed by atoms with Crippen LogP contribution in [-0.4, -0.2) is 31.7 Å². The number of rotatable bonds is 3. The first kappa shape index (κ1) is 16.1. The fraction of sp³-hybridized carbons (Fsp3) is 0.235. The van der Waals surface area contributed by atoms with Gasteiger partial charge in [-0.25, -0.2) is 0 Å². The van der Waals surface area contributed by atoms with Crippen molar-refractivity contribution in [2.75, 3.05) is 0 Å². The summed E-state index contributed by atoms with van der Waals surface area (Å²) >= 11 is 0. The molecule has 2 aromatic rings. The van der Waals surface area contributed by atoms with Crippen LogP contribution in [0.4, 0.5) is 5.69 Å². The molecule has 0 aliphatic carbocycles. The molecule has 0 radical (unpaired) electrons. The van der Waals surface area contributed by atoms with Gasteiger partial charge >= 0.3 is 0 Å². The van der Waals surface area contributed by atoms with E-state index in [9.17, 15) is 20.5 Å². The fourth-order valence-electron chi connectivity index (χ4n) is 3.11. The molecule has 0 spiro atoms. The Hall–Kier alpha value is -2.77. The summed E-state index contributed by atoms with van der Waals surface area (Å²) in [5, 5.41) is 35.4. The van der Waals surface area contributed by atoms with E-state index in [1.54, 1.807) is 13.8 Å². The van der Waals surface area contributed by atoms with Gasteiger partial charge in [0.25, 0.3) is 11.4 Å². The Kier molecular flexibility index (Phi) is 3.82. The zero-order valence-electron chi connectivity index (χ0n) is 13.3. The fourth-order valence-corrected chi connectivity index (χ4v) is 3.11. The number of benzene rings is 2. The first-order valence-corrected chi connectivity index (χ1v) is 7.50. The molecule has 7 nitrogen and oxygen atoms in total. The summed E-state index contributed by atoms with van der Waals surface area (Å²) in [6.07, 6.45) is 0. The molecular weight excluding hydrogens is 310 g/mol. The van der Waals surface area contributed by atoms with Crippen molar-refractivity contribution < 1.29 is 14.9 Å². The van der Waals surface area contributed by atoms with E-state index in [2.05, 4.69) is 0 Å². The third-order valence-electron chi connectivity index (χ3n) is 4.52. The molecule has 2 aromatic carbocycles. The number of hydrogen-bond acceptors (Lipinski definition) is 5. The van der Waals surface area contributed by atoms with Gasteiger partial charge in [-0.1, -0.05) is 18.2 Å². The van der Waals surface area contributed by atoms with Gasteiger partial charge in [0, 0.05) is 30.2 Å². The Morgan fingerprint density at radius 3 is 2.29 bits per heavy atom. The lowest BCUT2D eigenvalue weighted by Crippen LogP contribution is -2.45. The number of nitro groups is 1. The minimum atomic E-state index is -1.36. The minimum absolute atomic E-state index is 0.0670. The Morgan fingerprint density at radius 1 is 1.17 bits per heavy atom. The highest BCUT2D eigenvalue weighted by molar-refractivity contribution is 6.01. The van der Waals surface area contributed by atoms with Crippen LogP contribution in [0.15, 0.2) is 54.6 Å². The van der Waals surface area contributed by atoms with Crippen LogP contribution in [0.1, 0.15) is 25.0 Å². The molecule has 0 fully saturated rings. The van der Waals surface area contributed by atoms with E-state index in [1.807, 2.05) is 30.3 Å². The molecule has 0 aromatic heterocycles. The van der Waals surface area contributed by atoms with Crippen molar-refractivity contribution in [3.63, 3.8) is 0 Å². The predicted molar refractivity (Wildman–Crippen MR) is 87.7 cm³/mol. The highest BCUT2D eigenvalue weighted by Crippen LogP contribution is 2.36. The lowest BCUT2D eigenvalue weighted by Gasteiger charge is -2.29. The Labute approximate surface area is 138 Å². The summed E-state index contributed by atoms with van der Waals surface area (Å²) < 4.78 is 0.772. The lowest BCUT2D eigenvalue weighted by atomic mass is 10.0. The van der Waals surface area contributed by atoms with Gasteiger partial charge in [0.15, 0.2) is 0 Å². The van der Waals surface area contributed by atoms with Gasteiger partial charge in [-0.3, -0.25) is 10.1 Å². The van der Waals surface area contributed by atoms with Gasteiger partial charge in [-0.15, -0.1) is 5.06 Å². The molecule has 1 heterocycles. The topological polar surface area (TPSA) is 92.7 Å². The highest BCUT2D eigenvalue weighted by atomic mass is 16.6. The van der Waals surface area contributed by atoms with E-state index in [-0.39, 0.29) is 5.69 Å². The van der Waals surface area contributed by atoms with Crippen LogP contribution < -0.4 is 0 Å². The van der Waals surface area contributed by atoms with Crippen molar-refractivity contribution in [3.05, 3.63) is 81.0 Å². The van der Waals surface area contributed by atoms with Gasteiger partial charge < -0.3 is 10.4 Å². The monoisotopic (exact) mass is 327 g/mol. The smallest absolute Gasteiger partial charge is 0.274 e. The largest absolute Gasteiger partial charge is 0.622 e. The van der Waals surface area contributed by atoms with Gasteiger partial charge in [0.1, 0.15) is 6.04 Å². The maximum atomic E-state index is 13.0. The summed E-state index contributed by atoms with van der Waals surface area (Å²) in [4.78, 5) is 10.3. The zero-order chi connectivity index (χ0) is 17.5. The number of non-ortho nitro benzene ring substituents is 1. The van der Waals surface area contributed by atoms with Crippen LogP contribution in [0.5, 0.6) is 0 Å². The first-order chi connectivity index (χ1) is 11.4. The van der Waals surface area contributed by atoms with Crippen molar-refractivity contribution >= 4 is 11.4 Å². The number of nitrogens with zero attached hydrogens (tertiary/aromatic N) is 3. The lowest BCUT2D eigenvalue weighted by molar-refractivity contribution is -0.595. The zero-order valence-corrected chi connectivity index (χ0v) is 13.3. The van der Waals surface area contributed by atoms with Gasteiger partial charge in [0.05, 0.1) is 4.92 Å². The molecule has 1 N–H and O–H groups in total. The minimum Gasteiger partial charge on any atom is -0.622 e. The van der Waals surface area contributed by atoms with Gasteiger partial charge in [-0.2, -0.15) is 4.74 Å². The average Bonchev–Trinajstić information content (AvgIpc) is 2.77. The standard InChI is InChI=1S/C17H17N3O4/c1-12-16(13-6-4-3-5-7-13)19(22)17(2,18(12)21)14-8-10-15(11-9-14)20(23)24/h3-12,21H,1-2H3/t12-,17+/m1/s1. The molecule has 1 aliphatic heterocycles. The van der Waals surface area contributed by atoms with E-state index < -0.39 is 16.6 Å². The van der Waals surface area contributed by atoms with Gasteiger partial charge in [-0.05, 0) is 31.2 Å². The molecule has 0 saturated heterocycles. The molecule has 0 unspecified atom stereocenters. The molecular formula is C17H17N3O4. The van der Waals surface area contributed by atoms with Crippen molar-refractivity contribution in [3.8, 4) is 0 Å². The molecule has 1 aliphatic rings. The highest BCUT2D eigenvalue weighted by Gasteiger charge is 2.54. The maximum Gasteiger partial charge on any atom is 0.274 e. The summed E-state index contributed by atoms with van der Waals surface area (Å²) in [5.41, 5.74) is 0.217. The van der Waals surface area contributed by atoms with Crippen LogP contribution in [0.2, 0.25) is 0 Å². The van der Waals surface area contributed by atoms with E-state index >= 15 is 0 Å². The number of hydroxylamine groups is 3. The molecule has 124 valence electrons. The summed E-state index contributed by atoms with van der Waals surface area (Å²) in [7, 11) is 0. The molecule has 24 heavy (non-hydrogen) atoms. The molecule has 7 heteroatoms. The first-order valence-electron chi connectivity index (χ1n) is 7.50. The SMILES string of the molecule is C[C@@H]1C(c2ccccc2)=[N+]([O-])[C@@](C)(c2ccc([N+](=O)[O-])cc2)N1O. The molecule has 2 atom stereocenters. The van der Waals surface area contributed by atoms with Crippen LogP contribution in [0.3, 0.4) is 0 Å². The summed E-state index contributed by atoms with van der Waals surface area (Å²) in [6.45, 7) is 3.33. The Morgan fingerprint density at radius 2 is 1.75 bits per heavy atom. The van der Waals surface area contributed by atoms with E-state index in [0.29, 0.717) is 11.3 Å². The predicted octanol–water partition coefficient (Wildman–Crippen LogP) is 2.86. The van der Waals surface area contributed by atoms with Crippen LogP contribution >= 0.6 is 0 Å². The van der Waals surface area contributed by atoms with Crippen LogP contribution in [-0.2, 0) is 5.66 Å². The third kappa shape index (κ3) is 2.26. The van der Waals surface area contributed by atoms with E-state index in [1.165, 1.54) is 24.3 Å². The van der Waals surface area contributed by atoms with Crippen molar-refractivity contribution in [1.29, 1.82) is 0 Å². The Balaban J connectivity index is 2.12. The number of nitro benzene ring substituents is 1. The second kappa shape index (κ2) is 5.70. The second-order valence-electron chi connectivity index (χ2n) is 5.89. The maximum absolute atomic E-state index is 13.0. The summed E-state index contributed by atoms with van der Waals surface area (Å²) in [6, 6.07) is 14.2. The van der Waals surface area contributed by atoms with Crippen LogP contribution in [0, 0.1) is 15.3 Å². The molecule has 3 rings (SSSR count). The van der Waals surface area contributed by atoms with E-state index in [4.69, 9.17) is 0 Å². The van der Waals surface area contributed by atoms with Crippen molar-refractivity contribution in [1.82, 2.24) is 5.06 Å². The quantitative estimate of drug-likeness (QED) is 0.405. The Bertz CT molecular complexity index is 804. The van der Waals surface area contributed by atoms with Crippen molar-refractivity contribution in [2.24, 2.45) is 0 Å². The van der Waals surface area contributed by atoms with Crippen LogP contribution in [0.25, 0.3) is 0 Å². The van der Waals surface area contributed by atoms with E-state index in [0.717, 1.165) is 15.4 Å². The molecule has 0 saturated carbocycles. The average molecular weight is 327 g/mol. The number of hydrogen-bond donors (Lipinski definition) is 1.